The molecule has 0 spiro atoms. The topological polar surface area (TPSA) is 71.7 Å². The van der Waals surface area contributed by atoms with E-state index in [1.54, 1.807) is 4.90 Å². The summed E-state index contributed by atoms with van der Waals surface area (Å²) in [6.45, 7) is 1.70. The van der Waals surface area contributed by atoms with Crippen LogP contribution in [0.15, 0.2) is 35.3 Å². The average molecular weight is 330 g/mol. The lowest BCUT2D eigenvalue weighted by atomic mass is 10.1. The quantitative estimate of drug-likeness (QED) is 0.829. The van der Waals surface area contributed by atoms with Crippen LogP contribution in [-0.4, -0.2) is 60.7 Å². The van der Waals surface area contributed by atoms with Gasteiger partial charge in [0.05, 0.1) is 18.9 Å². The Bertz CT molecular complexity index is 672. The Hall–Kier alpha value is -2.41. The smallest absolute Gasteiger partial charge is 0.291 e. The summed E-state index contributed by atoms with van der Waals surface area (Å²) in [5, 5.41) is 0. The van der Waals surface area contributed by atoms with Crippen molar-refractivity contribution >= 4 is 11.7 Å². The number of carbonyl (C=O) groups is 1. The summed E-state index contributed by atoms with van der Waals surface area (Å²) in [6, 6.07) is 4.10. The van der Waals surface area contributed by atoms with Gasteiger partial charge in [0.25, 0.3) is 5.91 Å². The van der Waals surface area contributed by atoms with Crippen molar-refractivity contribution in [2.45, 2.75) is 18.9 Å². The summed E-state index contributed by atoms with van der Waals surface area (Å²) in [5.74, 6) is 1.10. The van der Waals surface area contributed by atoms with Gasteiger partial charge in [0.15, 0.2) is 6.39 Å². The van der Waals surface area contributed by atoms with E-state index >= 15 is 0 Å². The third kappa shape index (κ3) is 3.91. The molecule has 0 radical (unpaired) electrons. The van der Waals surface area contributed by atoms with Crippen molar-refractivity contribution in [2.75, 3.05) is 38.7 Å². The first-order valence-electron chi connectivity index (χ1n) is 8.05. The molecule has 7 nitrogen and oxygen atoms in total. The van der Waals surface area contributed by atoms with E-state index in [1.165, 1.54) is 18.2 Å². The van der Waals surface area contributed by atoms with Crippen molar-refractivity contribution in [2.24, 2.45) is 0 Å². The van der Waals surface area contributed by atoms with Crippen molar-refractivity contribution in [3.05, 3.63) is 42.2 Å². The Morgan fingerprint density at radius 2 is 2.33 bits per heavy atom. The number of ether oxygens (including phenoxy) is 1. The predicted molar refractivity (Wildman–Crippen MR) is 89.0 cm³/mol. The number of hydrogen-bond acceptors (Lipinski definition) is 6. The molecule has 2 aromatic heterocycles. The van der Waals surface area contributed by atoms with Crippen LogP contribution in [0.5, 0.6) is 0 Å². The van der Waals surface area contributed by atoms with E-state index in [9.17, 15) is 4.79 Å². The summed E-state index contributed by atoms with van der Waals surface area (Å²) in [4.78, 5) is 24.2. The van der Waals surface area contributed by atoms with Gasteiger partial charge in [0.2, 0.25) is 5.76 Å². The van der Waals surface area contributed by atoms with Crippen LogP contribution in [0, 0.1) is 0 Å². The van der Waals surface area contributed by atoms with Crippen molar-refractivity contribution in [3.63, 3.8) is 0 Å². The molecule has 0 aliphatic carbocycles. The van der Waals surface area contributed by atoms with Crippen LogP contribution in [0.25, 0.3) is 0 Å². The molecule has 1 aliphatic rings. The lowest BCUT2D eigenvalue weighted by molar-refractivity contribution is -0.0255. The molecule has 3 heterocycles. The molecule has 1 atom stereocenters. The number of carbonyl (C=O) groups excluding carboxylic acids is 1. The van der Waals surface area contributed by atoms with Gasteiger partial charge in [-0.2, -0.15) is 0 Å². The van der Waals surface area contributed by atoms with Crippen LogP contribution in [0.4, 0.5) is 5.82 Å². The maximum Gasteiger partial charge on any atom is 0.291 e. The first-order chi connectivity index (χ1) is 11.6. The van der Waals surface area contributed by atoms with Crippen LogP contribution in [0.2, 0.25) is 0 Å². The highest BCUT2D eigenvalue weighted by atomic mass is 16.5. The monoisotopic (exact) mass is 330 g/mol. The fourth-order valence-electron chi connectivity index (χ4n) is 2.74. The van der Waals surface area contributed by atoms with Crippen LogP contribution in [-0.2, 0) is 11.2 Å². The van der Waals surface area contributed by atoms with Gasteiger partial charge in [0.1, 0.15) is 5.82 Å². The number of aromatic nitrogens is 2. The molecular formula is C17H22N4O3. The standard InChI is InChI=1S/C17H22N4O3/c1-20(2)16-9-13(5-6-19-16)3-4-14-11-21(7-8-23-14)17(22)15-10-18-12-24-15/h5-6,9-10,12,14H,3-4,7-8,11H2,1-2H3/t14-/m1/s1. The molecule has 0 unspecified atom stereocenters. The van der Waals surface area contributed by atoms with E-state index < -0.39 is 0 Å². The summed E-state index contributed by atoms with van der Waals surface area (Å²) < 4.78 is 10.9. The number of hydrogen-bond donors (Lipinski definition) is 0. The number of morpholine rings is 1. The number of pyridine rings is 1. The molecule has 7 heteroatoms. The van der Waals surface area contributed by atoms with E-state index in [1.807, 2.05) is 31.3 Å². The first-order valence-corrected chi connectivity index (χ1v) is 8.05. The highest BCUT2D eigenvalue weighted by Gasteiger charge is 2.26. The van der Waals surface area contributed by atoms with E-state index in [2.05, 4.69) is 16.0 Å². The molecule has 0 aromatic carbocycles. The molecule has 1 saturated heterocycles. The number of rotatable bonds is 5. The Labute approximate surface area is 141 Å². The van der Waals surface area contributed by atoms with Gasteiger partial charge < -0.3 is 19.0 Å². The second-order valence-corrected chi connectivity index (χ2v) is 6.07. The van der Waals surface area contributed by atoms with Gasteiger partial charge >= 0.3 is 0 Å². The van der Waals surface area contributed by atoms with Gasteiger partial charge in [-0.25, -0.2) is 9.97 Å². The summed E-state index contributed by atoms with van der Waals surface area (Å²) in [5.41, 5.74) is 1.22. The lowest BCUT2D eigenvalue weighted by Crippen LogP contribution is -2.45. The maximum atomic E-state index is 12.3. The molecule has 0 saturated carbocycles. The van der Waals surface area contributed by atoms with E-state index in [-0.39, 0.29) is 17.8 Å². The molecule has 24 heavy (non-hydrogen) atoms. The maximum absolute atomic E-state index is 12.3. The van der Waals surface area contributed by atoms with Crippen molar-refractivity contribution < 1.29 is 13.9 Å². The molecule has 3 rings (SSSR count). The zero-order chi connectivity index (χ0) is 16.9. The van der Waals surface area contributed by atoms with Crippen LogP contribution in [0.3, 0.4) is 0 Å². The number of anilines is 1. The van der Waals surface area contributed by atoms with Gasteiger partial charge in [-0.05, 0) is 30.5 Å². The SMILES string of the molecule is CN(C)c1cc(CC[C@@H]2CN(C(=O)c3cnco3)CCO2)ccn1. The minimum atomic E-state index is -0.125. The number of amides is 1. The highest BCUT2D eigenvalue weighted by Crippen LogP contribution is 2.16. The molecule has 0 N–H and O–H groups in total. The summed E-state index contributed by atoms with van der Waals surface area (Å²) in [7, 11) is 3.95. The molecule has 128 valence electrons. The van der Waals surface area contributed by atoms with Crippen LogP contribution in [0.1, 0.15) is 22.5 Å². The molecule has 2 aromatic rings. The van der Waals surface area contributed by atoms with E-state index in [0.717, 1.165) is 18.7 Å². The van der Waals surface area contributed by atoms with Gasteiger partial charge in [-0.1, -0.05) is 0 Å². The van der Waals surface area contributed by atoms with Gasteiger partial charge in [-0.3, -0.25) is 4.79 Å². The fraction of sp³-hybridized carbons (Fsp3) is 0.471. The molecule has 1 amide bonds. The largest absolute Gasteiger partial charge is 0.438 e. The number of oxazole rings is 1. The zero-order valence-electron chi connectivity index (χ0n) is 14.0. The zero-order valence-corrected chi connectivity index (χ0v) is 14.0. The van der Waals surface area contributed by atoms with Gasteiger partial charge in [0, 0.05) is 33.4 Å². The molecule has 1 fully saturated rings. The average Bonchev–Trinajstić information content (AvgIpc) is 3.14. The van der Waals surface area contributed by atoms with Crippen LogP contribution < -0.4 is 4.90 Å². The fourth-order valence-corrected chi connectivity index (χ4v) is 2.74. The third-order valence-electron chi connectivity index (χ3n) is 4.09. The second kappa shape index (κ2) is 7.44. The van der Waals surface area contributed by atoms with E-state index in [4.69, 9.17) is 9.15 Å². The Balaban J connectivity index is 1.56. The predicted octanol–water partition coefficient (Wildman–Crippen LogP) is 1.61. The Kier molecular flexibility index (Phi) is 5.10. The van der Waals surface area contributed by atoms with Crippen molar-refractivity contribution in [3.8, 4) is 0 Å². The lowest BCUT2D eigenvalue weighted by Gasteiger charge is -2.32. The van der Waals surface area contributed by atoms with Crippen molar-refractivity contribution in [1.29, 1.82) is 0 Å². The Morgan fingerprint density at radius 1 is 1.46 bits per heavy atom. The second-order valence-electron chi connectivity index (χ2n) is 6.07. The third-order valence-corrected chi connectivity index (χ3v) is 4.09. The summed E-state index contributed by atoms with van der Waals surface area (Å²) in [6.07, 6.45) is 6.33. The first kappa shape index (κ1) is 16.4. The molecule has 1 aliphatic heterocycles. The van der Waals surface area contributed by atoms with Crippen LogP contribution >= 0.6 is 0 Å². The Morgan fingerprint density at radius 3 is 3.08 bits per heavy atom. The molecule has 0 bridgehead atoms. The van der Waals surface area contributed by atoms with Crippen molar-refractivity contribution in [1.82, 2.24) is 14.9 Å². The normalized spacial score (nSPS) is 17.8. The minimum Gasteiger partial charge on any atom is -0.438 e. The minimum absolute atomic E-state index is 0.0293. The highest BCUT2D eigenvalue weighted by molar-refractivity contribution is 5.91. The molecular weight excluding hydrogens is 308 g/mol. The number of aryl methyl sites for hydroxylation is 1. The number of nitrogens with zero attached hydrogens (tertiary/aromatic N) is 4. The summed E-state index contributed by atoms with van der Waals surface area (Å²) >= 11 is 0. The van der Waals surface area contributed by atoms with E-state index in [0.29, 0.717) is 19.7 Å². The van der Waals surface area contributed by atoms with Gasteiger partial charge in [-0.15, -0.1) is 0 Å².